The van der Waals surface area contributed by atoms with Gasteiger partial charge < -0.3 is 19.3 Å². The molecular weight excluding hydrogens is 208 g/mol. The average Bonchev–Trinajstić information content (AvgIpc) is 2.34. The molecule has 1 N–H and O–H groups in total. The first kappa shape index (κ1) is 13.5. The SMILES string of the molecule is OCCOCCOCCOC1=CCCCC1. The van der Waals surface area contributed by atoms with Crippen molar-refractivity contribution in [3.8, 4) is 0 Å². The van der Waals surface area contributed by atoms with E-state index in [1.807, 2.05) is 0 Å². The molecule has 0 atom stereocenters. The number of aliphatic hydroxyl groups is 1. The third-order valence-electron chi connectivity index (χ3n) is 2.37. The molecule has 1 rings (SSSR count). The summed E-state index contributed by atoms with van der Waals surface area (Å²) in [6, 6.07) is 0. The molecule has 0 aromatic carbocycles. The van der Waals surface area contributed by atoms with Crippen LogP contribution in [0.25, 0.3) is 0 Å². The van der Waals surface area contributed by atoms with Crippen LogP contribution >= 0.6 is 0 Å². The third kappa shape index (κ3) is 6.82. The van der Waals surface area contributed by atoms with Crippen molar-refractivity contribution in [2.24, 2.45) is 0 Å². The summed E-state index contributed by atoms with van der Waals surface area (Å²) >= 11 is 0. The summed E-state index contributed by atoms with van der Waals surface area (Å²) in [4.78, 5) is 0. The van der Waals surface area contributed by atoms with Gasteiger partial charge in [0, 0.05) is 6.42 Å². The second-order valence-electron chi connectivity index (χ2n) is 3.71. The fraction of sp³-hybridized carbons (Fsp3) is 0.833. The van der Waals surface area contributed by atoms with Crippen LogP contribution in [0.1, 0.15) is 25.7 Å². The average molecular weight is 230 g/mol. The molecule has 0 spiro atoms. The second kappa shape index (κ2) is 9.63. The van der Waals surface area contributed by atoms with E-state index in [2.05, 4.69) is 6.08 Å². The van der Waals surface area contributed by atoms with E-state index in [0.717, 1.165) is 18.6 Å². The zero-order valence-electron chi connectivity index (χ0n) is 9.82. The minimum atomic E-state index is 0.0667. The first-order valence-electron chi connectivity index (χ1n) is 6.01. The zero-order valence-corrected chi connectivity index (χ0v) is 9.82. The highest BCUT2D eigenvalue weighted by molar-refractivity contribution is 4.96. The van der Waals surface area contributed by atoms with Gasteiger partial charge in [0.2, 0.25) is 0 Å². The van der Waals surface area contributed by atoms with E-state index in [1.165, 1.54) is 12.8 Å². The molecule has 0 fully saturated rings. The smallest absolute Gasteiger partial charge is 0.111 e. The van der Waals surface area contributed by atoms with Crippen molar-refractivity contribution in [3.63, 3.8) is 0 Å². The van der Waals surface area contributed by atoms with E-state index in [-0.39, 0.29) is 6.61 Å². The molecule has 0 heterocycles. The molecule has 4 heteroatoms. The number of hydrogen-bond donors (Lipinski definition) is 1. The summed E-state index contributed by atoms with van der Waals surface area (Å²) in [5.41, 5.74) is 0. The van der Waals surface area contributed by atoms with Crippen LogP contribution in [0.15, 0.2) is 11.8 Å². The highest BCUT2D eigenvalue weighted by Gasteiger charge is 2.03. The highest BCUT2D eigenvalue weighted by Crippen LogP contribution is 2.17. The van der Waals surface area contributed by atoms with E-state index in [0.29, 0.717) is 33.0 Å². The Hall–Kier alpha value is -0.580. The van der Waals surface area contributed by atoms with Gasteiger partial charge in [-0.25, -0.2) is 0 Å². The van der Waals surface area contributed by atoms with Crippen molar-refractivity contribution in [2.45, 2.75) is 25.7 Å². The lowest BCUT2D eigenvalue weighted by molar-refractivity contribution is 0.0166. The van der Waals surface area contributed by atoms with Gasteiger partial charge in [-0.1, -0.05) is 0 Å². The van der Waals surface area contributed by atoms with Crippen molar-refractivity contribution in [3.05, 3.63) is 11.8 Å². The molecule has 0 aromatic rings. The maximum atomic E-state index is 8.46. The summed E-state index contributed by atoms with van der Waals surface area (Å²) < 4.78 is 15.9. The Morgan fingerprint density at radius 2 is 1.75 bits per heavy atom. The maximum absolute atomic E-state index is 8.46. The van der Waals surface area contributed by atoms with E-state index < -0.39 is 0 Å². The highest BCUT2D eigenvalue weighted by atomic mass is 16.5. The van der Waals surface area contributed by atoms with Gasteiger partial charge in [0.05, 0.1) is 38.8 Å². The predicted octanol–water partition coefficient (Wildman–Crippen LogP) is 1.49. The van der Waals surface area contributed by atoms with Crippen molar-refractivity contribution < 1.29 is 19.3 Å². The minimum absolute atomic E-state index is 0.0667. The summed E-state index contributed by atoms with van der Waals surface area (Å²) in [7, 11) is 0. The van der Waals surface area contributed by atoms with E-state index >= 15 is 0 Å². The van der Waals surface area contributed by atoms with Gasteiger partial charge in [0.15, 0.2) is 0 Å². The molecule has 4 nitrogen and oxygen atoms in total. The molecule has 1 aliphatic rings. The quantitative estimate of drug-likeness (QED) is 0.610. The molecule has 0 unspecified atom stereocenters. The van der Waals surface area contributed by atoms with Crippen LogP contribution in [0.4, 0.5) is 0 Å². The van der Waals surface area contributed by atoms with Gasteiger partial charge in [-0.05, 0) is 25.3 Å². The molecule has 0 amide bonds. The molecule has 0 aliphatic heterocycles. The van der Waals surface area contributed by atoms with Crippen molar-refractivity contribution in [1.29, 1.82) is 0 Å². The Balaban J connectivity index is 1.82. The first-order chi connectivity index (χ1) is 7.93. The third-order valence-corrected chi connectivity index (χ3v) is 2.37. The summed E-state index contributed by atoms with van der Waals surface area (Å²) in [5, 5.41) is 8.46. The van der Waals surface area contributed by atoms with Crippen LogP contribution in [-0.2, 0) is 14.2 Å². The van der Waals surface area contributed by atoms with E-state index in [1.54, 1.807) is 0 Å². The normalized spacial score (nSPS) is 15.9. The van der Waals surface area contributed by atoms with E-state index in [9.17, 15) is 0 Å². The number of rotatable bonds is 9. The molecule has 94 valence electrons. The van der Waals surface area contributed by atoms with Crippen molar-refractivity contribution in [2.75, 3.05) is 39.6 Å². The predicted molar refractivity (Wildman–Crippen MR) is 61.2 cm³/mol. The standard InChI is InChI=1S/C12H22O4/c13-6-7-14-8-9-15-10-11-16-12-4-2-1-3-5-12/h4,13H,1-3,5-11H2. The van der Waals surface area contributed by atoms with Gasteiger partial charge in [0.25, 0.3) is 0 Å². The number of aliphatic hydroxyl groups excluding tert-OH is 1. The number of hydrogen-bond acceptors (Lipinski definition) is 4. The van der Waals surface area contributed by atoms with E-state index in [4.69, 9.17) is 19.3 Å². The van der Waals surface area contributed by atoms with Crippen LogP contribution < -0.4 is 0 Å². The molecule has 16 heavy (non-hydrogen) atoms. The fourth-order valence-corrected chi connectivity index (χ4v) is 1.56. The van der Waals surface area contributed by atoms with Gasteiger partial charge >= 0.3 is 0 Å². The molecular formula is C12H22O4. The lowest BCUT2D eigenvalue weighted by Crippen LogP contribution is -2.11. The van der Waals surface area contributed by atoms with Gasteiger partial charge in [0.1, 0.15) is 6.61 Å². The largest absolute Gasteiger partial charge is 0.496 e. The molecule has 0 aromatic heterocycles. The lowest BCUT2D eigenvalue weighted by Gasteiger charge is -2.14. The zero-order chi connectivity index (χ0) is 11.5. The number of ether oxygens (including phenoxy) is 3. The van der Waals surface area contributed by atoms with Crippen LogP contribution in [-0.4, -0.2) is 44.7 Å². The monoisotopic (exact) mass is 230 g/mol. The maximum Gasteiger partial charge on any atom is 0.111 e. The topological polar surface area (TPSA) is 47.9 Å². The Morgan fingerprint density at radius 1 is 1.00 bits per heavy atom. The summed E-state index contributed by atoms with van der Waals surface area (Å²) in [6.45, 7) is 2.75. The Bertz CT molecular complexity index is 191. The first-order valence-corrected chi connectivity index (χ1v) is 6.01. The number of allylic oxidation sites excluding steroid dienone is 2. The van der Waals surface area contributed by atoms with Crippen LogP contribution in [0, 0.1) is 0 Å². The molecule has 0 saturated heterocycles. The summed E-state index contributed by atoms with van der Waals surface area (Å²) in [5.74, 6) is 1.12. The van der Waals surface area contributed by atoms with Crippen molar-refractivity contribution >= 4 is 0 Å². The van der Waals surface area contributed by atoms with Gasteiger partial charge in [-0.2, -0.15) is 0 Å². The Morgan fingerprint density at radius 3 is 2.44 bits per heavy atom. The molecule has 0 radical (unpaired) electrons. The Kier molecular flexibility index (Phi) is 8.12. The molecule has 0 saturated carbocycles. The minimum Gasteiger partial charge on any atom is -0.496 e. The van der Waals surface area contributed by atoms with Crippen LogP contribution in [0.2, 0.25) is 0 Å². The van der Waals surface area contributed by atoms with Crippen LogP contribution in [0.5, 0.6) is 0 Å². The lowest BCUT2D eigenvalue weighted by atomic mass is 10.1. The molecule has 0 bridgehead atoms. The molecule has 1 aliphatic carbocycles. The van der Waals surface area contributed by atoms with Gasteiger partial charge in [-0.3, -0.25) is 0 Å². The van der Waals surface area contributed by atoms with Crippen molar-refractivity contribution in [1.82, 2.24) is 0 Å². The van der Waals surface area contributed by atoms with Crippen LogP contribution in [0.3, 0.4) is 0 Å². The fourth-order valence-electron chi connectivity index (χ4n) is 1.56. The second-order valence-corrected chi connectivity index (χ2v) is 3.71. The Labute approximate surface area is 97.2 Å². The summed E-state index contributed by atoms with van der Waals surface area (Å²) in [6.07, 6.45) is 6.91. The van der Waals surface area contributed by atoms with Gasteiger partial charge in [-0.15, -0.1) is 0 Å².